The predicted octanol–water partition coefficient (Wildman–Crippen LogP) is 1.10. The first-order chi connectivity index (χ1) is 7.31. The van der Waals surface area contributed by atoms with Crippen LogP contribution in [0.15, 0.2) is 24.3 Å². The number of thiocarbonyl (C=S) groups is 1. The van der Waals surface area contributed by atoms with Gasteiger partial charge in [0.15, 0.2) is 5.11 Å². The molecule has 1 aliphatic heterocycles. The highest BCUT2D eigenvalue weighted by Gasteiger charge is 2.16. The van der Waals surface area contributed by atoms with Crippen LogP contribution in [0.2, 0.25) is 0 Å². The van der Waals surface area contributed by atoms with E-state index in [1.807, 2.05) is 7.05 Å². The van der Waals surface area contributed by atoms with E-state index in [4.69, 9.17) is 12.2 Å². The van der Waals surface area contributed by atoms with Gasteiger partial charge < -0.3 is 15.5 Å². The molecule has 0 spiro atoms. The van der Waals surface area contributed by atoms with Crippen molar-refractivity contribution in [3.63, 3.8) is 0 Å². The normalized spacial score (nSPS) is 15.5. The Balaban J connectivity index is 2.12. The standard InChI is InChI=1S/C11H15N3S/c1-12-8-9-2-4-10(5-3-9)14-7-6-13-11(14)15/h2-5,12H,6-8H2,1H3,(H,13,15). The topological polar surface area (TPSA) is 27.3 Å². The van der Waals surface area contributed by atoms with Crippen molar-refractivity contribution in [1.29, 1.82) is 0 Å². The highest BCUT2D eigenvalue weighted by molar-refractivity contribution is 7.80. The van der Waals surface area contributed by atoms with Gasteiger partial charge in [-0.05, 0) is 37.0 Å². The SMILES string of the molecule is CNCc1ccc(N2CCNC2=S)cc1. The van der Waals surface area contributed by atoms with Crippen LogP contribution < -0.4 is 15.5 Å². The lowest BCUT2D eigenvalue weighted by Crippen LogP contribution is -2.27. The molecule has 2 N–H and O–H groups in total. The fourth-order valence-corrected chi connectivity index (χ4v) is 2.01. The number of rotatable bonds is 3. The molecule has 15 heavy (non-hydrogen) atoms. The Labute approximate surface area is 95.5 Å². The highest BCUT2D eigenvalue weighted by Crippen LogP contribution is 2.17. The van der Waals surface area contributed by atoms with Crippen LogP contribution in [0.1, 0.15) is 5.56 Å². The van der Waals surface area contributed by atoms with Crippen molar-refractivity contribution in [3.05, 3.63) is 29.8 Å². The van der Waals surface area contributed by atoms with Crippen molar-refractivity contribution in [1.82, 2.24) is 10.6 Å². The molecule has 1 aromatic carbocycles. The Hall–Kier alpha value is -1.13. The smallest absolute Gasteiger partial charge is 0.173 e. The lowest BCUT2D eigenvalue weighted by Gasteiger charge is -2.16. The molecule has 1 aromatic rings. The van der Waals surface area contributed by atoms with E-state index in [1.165, 1.54) is 11.3 Å². The van der Waals surface area contributed by atoms with Gasteiger partial charge in [-0.1, -0.05) is 12.1 Å². The summed E-state index contributed by atoms with van der Waals surface area (Å²) in [5.41, 5.74) is 2.46. The Morgan fingerprint density at radius 1 is 1.40 bits per heavy atom. The van der Waals surface area contributed by atoms with E-state index < -0.39 is 0 Å². The third-order valence-corrected chi connectivity index (χ3v) is 2.85. The predicted molar refractivity (Wildman–Crippen MR) is 67.2 cm³/mol. The van der Waals surface area contributed by atoms with Crippen molar-refractivity contribution >= 4 is 23.0 Å². The van der Waals surface area contributed by atoms with Gasteiger partial charge in [0.2, 0.25) is 0 Å². The summed E-state index contributed by atoms with van der Waals surface area (Å²) in [6, 6.07) is 8.50. The largest absolute Gasteiger partial charge is 0.360 e. The molecule has 1 fully saturated rings. The molecule has 0 radical (unpaired) electrons. The number of anilines is 1. The maximum Gasteiger partial charge on any atom is 0.173 e. The number of benzene rings is 1. The summed E-state index contributed by atoms with van der Waals surface area (Å²) in [5.74, 6) is 0. The van der Waals surface area contributed by atoms with Crippen LogP contribution in [-0.2, 0) is 6.54 Å². The molecule has 0 bridgehead atoms. The van der Waals surface area contributed by atoms with Crippen molar-refractivity contribution in [2.45, 2.75) is 6.54 Å². The second kappa shape index (κ2) is 4.59. The molecule has 0 saturated carbocycles. The van der Waals surface area contributed by atoms with E-state index >= 15 is 0 Å². The van der Waals surface area contributed by atoms with E-state index in [0.717, 1.165) is 24.7 Å². The maximum absolute atomic E-state index is 5.21. The van der Waals surface area contributed by atoms with Crippen LogP contribution >= 0.6 is 12.2 Å². The molecule has 1 aliphatic rings. The zero-order chi connectivity index (χ0) is 10.7. The molecule has 2 rings (SSSR count). The third kappa shape index (κ3) is 2.27. The first-order valence-electron chi connectivity index (χ1n) is 5.10. The van der Waals surface area contributed by atoms with Gasteiger partial charge in [-0.25, -0.2) is 0 Å². The molecule has 0 atom stereocenters. The Bertz CT molecular complexity index is 347. The lowest BCUT2D eigenvalue weighted by atomic mass is 10.2. The Morgan fingerprint density at radius 3 is 2.67 bits per heavy atom. The Morgan fingerprint density at radius 2 is 2.13 bits per heavy atom. The summed E-state index contributed by atoms with van der Waals surface area (Å²) in [4.78, 5) is 2.12. The number of hydrogen-bond donors (Lipinski definition) is 2. The van der Waals surface area contributed by atoms with Crippen molar-refractivity contribution in [2.24, 2.45) is 0 Å². The highest BCUT2D eigenvalue weighted by atomic mass is 32.1. The fraction of sp³-hybridized carbons (Fsp3) is 0.364. The zero-order valence-electron chi connectivity index (χ0n) is 8.79. The second-order valence-corrected chi connectivity index (χ2v) is 3.97. The van der Waals surface area contributed by atoms with E-state index in [9.17, 15) is 0 Å². The molecule has 0 amide bonds. The molecular weight excluding hydrogens is 206 g/mol. The monoisotopic (exact) mass is 221 g/mol. The van der Waals surface area contributed by atoms with Crippen LogP contribution in [0.5, 0.6) is 0 Å². The van der Waals surface area contributed by atoms with Crippen molar-refractivity contribution < 1.29 is 0 Å². The van der Waals surface area contributed by atoms with Crippen LogP contribution in [0.25, 0.3) is 0 Å². The quantitative estimate of drug-likeness (QED) is 0.748. The average molecular weight is 221 g/mol. The van der Waals surface area contributed by atoms with Gasteiger partial charge in [0.25, 0.3) is 0 Å². The van der Waals surface area contributed by atoms with Crippen molar-refractivity contribution in [2.75, 3.05) is 25.0 Å². The van der Waals surface area contributed by atoms with E-state index in [2.05, 4.69) is 39.8 Å². The molecule has 4 heteroatoms. The van der Waals surface area contributed by atoms with Crippen LogP contribution in [0.4, 0.5) is 5.69 Å². The molecule has 0 unspecified atom stereocenters. The van der Waals surface area contributed by atoms with Gasteiger partial charge in [0.1, 0.15) is 0 Å². The molecule has 0 aliphatic carbocycles. The number of nitrogens with zero attached hydrogens (tertiary/aromatic N) is 1. The lowest BCUT2D eigenvalue weighted by molar-refractivity contribution is 0.818. The summed E-state index contributed by atoms with van der Waals surface area (Å²) in [6.07, 6.45) is 0. The van der Waals surface area contributed by atoms with Crippen LogP contribution in [-0.4, -0.2) is 25.2 Å². The maximum atomic E-state index is 5.21. The van der Waals surface area contributed by atoms with Gasteiger partial charge in [-0.15, -0.1) is 0 Å². The summed E-state index contributed by atoms with van der Waals surface area (Å²) < 4.78 is 0. The number of hydrogen-bond acceptors (Lipinski definition) is 2. The first-order valence-corrected chi connectivity index (χ1v) is 5.51. The van der Waals surface area contributed by atoms with Gasteiger partial charge in [0, 0.05) is 25.3 Å². The molecule has 0 aromatic heterocycles. The van der Waals surface area contributed by atoms with Crippen molar-refractivity contribution in [3.8, 4) is 0 Å². The molecule has 1 saturated heterocycles. The molecule has 3 nitrogen and oxygen atoms in total. The zero-order valence-corrected chi connectivity index (χ0v) is 9.60. The van der Waals surface area contributed by atoms with E-state index in [1.54, 1.807) is 0 Å². The van der Waals surface area contributed by atoms with Gasteiger partial charge in [0.05, 0.1) is 0 Å². The molecule has 80 valence electrons. The second-order valence-electron chi connectivity index (χ2n) is 3.58. The van der Waals surface area contributed by atoms with Crippen LogP contribution in [0, 0.1) is 0 Å². The Kier molecular flexibility index (Phi) is 3.18. The summed E-state index contributed by atoms with van der Waals surface area (Å²) in [7, 11) is 1.95. The molecular formula is C11H15N3S. The van der Waals surface area contributed by atoms with E-state index in [-0.39, 0.29) is 0 Å². The summed E-state index contributed by atoms with van der Waals surface area (Å²) in [5, 5.41) is 7.11. The molecule has 1 heterocycles. The third-order valence-electron chi connectivity index (χ3n) is 2.49. The minimum Gasteiger partial charge on any atom is -0.360 e. The summed E-state index contributed by atoms with van der Waals surface area (Å²) in [6.45, 7) is 2.81. The minimum absolute atomic E-state index is 0.830. The minimum atomic E-state index is 0.830. The van der Waals surface area contributed by atoms with Gasteiger partial charge in [-0.3, -0.25) is 0 Å². The first kappa shape index (κ1) is 10.4. The van der Waals surface area contributed by atoms with E-state index in [0.29, 0.717) is 0 Å². The number of nitrogens with one attached hydrogen (secondary N) is 2. The van der Waals surface area contributed by atoms with Gasteiger partial charge >= 0.3 is 0 Å². The summed E-state index contributed by atoms with van der Waals surface area (Å²) >= 11 is 5.21. The fourth-order valence-electron chi connectivity index (χ4n) is 1.72. The van der Waals surface area contributed by atoms with Gasteiger partial charge in [-0.2, -0.15) is 0 Å². The average Bonchev–Trinajstić information content (AvgIpc) is 2.66. The van der Waals surface area contributed by atoms with Crippen LogP contribution in [0.3, 0.4) is 0 Å².